The lowest BCUT2D eigenvalue weighted by atomic mass is 10.1. The molecule has 2 aromatic carbocycles. The highest BCUT2D eigenvalue weighted by Gasteiger charge is 2.11. The van der Waals surface area contributed by atoms with Crippen molar-refractivity contribution in [1.29, 1.82) is 5.26 Å². The number of aliphatic carboxylic acids is 1. The van der Waals surface area contributed by atoms with E-state index in [9.17, 15) is 14.9 Å². The molecule has 0 aliphatic heterocycles. The van der Waals surface area contributed by atoms with Gasteiger partial charge in [0.2, 0.25) is 0 Å². The molecule has 0 aliphatic rings. The number of nitriles is 1. The number of nitrogens with zero attached hydrogens (tertiary/aromatic N) is 1. The molecule has 152 valence electrons. The maximum absolute atomic E-state index is 12.4. The van der Waals surface area contributed by atoms with Gasteiger partial charge in [0, 0.05) is 23.6 Å². The molecule has 0 unspecified atom stereocenters. The number of nitrogens with one attached hydrogen (secondary N) is 2. The third-order valence-electron chi connectivity index (χ3n) is 4.34. The highest BCUT2D eigenvalue weighted by atomic mass is 79.9. The summed E-state index contributed by atoms with van der Waals surface area (Å²) < 4.78 is 5.66. The summed E-state index contributed by atoms with van der Waals surface area (Å²) in [6.07, 6.45) is 4.02. The van der Waals surface area contributed by atoms with Gasteiger partial charge in [0.25, 0.3) is 5.91 Å². The van der Waals surface area contributed by atoms with Gasteiger partial charge < -0.3 is 20.1 Å². The van der Waals surface area contributed by atoms with Gasteiger partial charge in [0.1, 0.15) is 17.4 Å². The first-order valence-corrected chi connectivity index (χ1v) is 9.86. The van der Waals surface area contributed by atoms with Crippen molar-refractivity contribution in [2.45, 2.75) is 6.42 Å². The van der Waals surface area contributed by atoms with Crippen molar-refractivity contribution < 1.29 is 19.4 Å². The third-order valence-corrected chi connectivity index (χ3v) is 4.96. The minimum Gasteiger partial charge on any atom is -0.481 e. The number of aromatic amines is 1. The van der Waals surface area contributed by atoms with Gasteiger partial charge in [0.05, 0.1) is 4.47 Å². The van der Waals surface area contributed by atoms with Crippen LogP contribution in [0.3, 0.4) is 0 Å². The number of halogens is 1. The molecule has 0 bridgehead atoms. The summed E-state index contributed by atoms with van der Waals surface area (Å²) in [5, 5.41) is 21.9. The number of carboxylic acids is 1. The summed E-state index contributed by atoms with van der Waals surface area (Å²) in [4.78, 5) is 26.2. The van der Waals surface area contributed by atoms with Crippen molar-refractivity contribution in [3.05, 3.63) is 69.8 Å². The molecule has 0 fully saturated rings. The fourth-order valence-electron chi connectivity index (χ4n) is 2.92. The molecule has 8 heteroatoms. The fraction of sp³-hybridized carbons (Fsp3) is 0.136. The van der Waals surface area contributed by atoms with Crippen LogP contribution in [-0.2, 0) is 16.0 Å². The van der Waals surface area contributed by atoms with E-state index in [1.807, 2.05) is 36.5 Å². The SMILES string of the molecule is N#C/C(=C/c1ccc(OCC(=O)O)c(Br)c1)C(=O)NCCc1c[nH]c2ccccc12. The molecule has 0 aliphatic carbocycles. The van der Waals surface area contributed by atoms with Crippen molar-refractivity contribution in [3.8, 4) is 11.8 Å². The van der Waals surface area contributed by atoms with E-state index in [2.05, 4.69) is 26.2 Å². The highest BCUT2D eigenvalue weighted by molar-refractivity contribution is 9.10. The van der Waals surface area contributed by atoms with Crippen LogP contribution in [0.1, 0.15) is 11.1 Å². The minimum atomic E-state index is -1.08. The summed E-state index contributed by atoms with van der Waals surface area (Å²) in [7, 11) is 0. The Bertz CT molecular complexity index is 1160. The Kier molecular flexibility index (Phi) is 6.88. The van der Waals surface area contributed by atoms with Gasteiger partial charge in [0.15, 0.2) is 6.61 Å². The first kappa shape index (κ1) is 21.1. The molecule has 0 radical (unpaired) electrons. The Hall–Kier alpha value is -3.57. The highest BCUT2D eigenvalue weighted by Crippen LogP contribution is 2.27. The molecule has 3 aromatic rings. The Morgan fingerprint density at radius 1 is 1.27 bits per heavy atom. The number of H-pyrrole nitrogens is 1. The summed E-state index contributed by atoms with van der Waals surface area (Å²) >= 11 is 3.30. The lowest BCUT2D eigenvalue weighted by Gasteiger charge is -2.07. The summed E-state index contributed by atoms with van der Waals surface area (Å²) in [5.74, 6) is -1.18. The van der Waals surface area contributed by atoms with Gasteiger partial charge >= 0.3 is 5.97 Å². The quantitative estimate of drug-likeness (QED) is 0.345. The number of benzene rings is 2. The maximum atomic E-state index is 12.4. The normalized spacial score (nSPS) is 11.1. The van der Waals surface area contributed by atoms with Gasteiger partial charge in [-0.1, -0.05) is 24.3 Å². The zero-order chi connectivity index (χ0) is 21.5. The molecular weight excluding hydrogens is 450 g/mol. The fourth-order valence-corrected chi connectivity index (χ4v) is 3.43. The molecule has 0 spiro atoms. The molecule has 0 saturated heterocycles. The molecule has 0 atom stereocenters. The molecule has 7 nitrogen and oxygen atoms in total. The van der Waals surface area contributed by atoms with Gasteiger partial charge in [-0.3, -0.25) is 4.79 Å². The van der Waals surface area contributed by atoms with E-state index in [1.54, 1.807) is 18.2 Å². The third kappa shape index (κ3) is 5.27. The molecule has 3 N–H and O–H groups in total. The van der Waals surface area contributed by atoms with Gasteiger partial charge in [-0.05, 0) is 57.8 Å². The number of ether oxygens (including phenoxy) is 1. The van der Waals surface area contributed by atoms with Crippen molar-refractivity contribution >= 4 is 44.8 Å². The van der Waals surface area contributed by atoms with E-state index in [0.717, 1.165) is 16.5 Å². The number of aromatic nitrogens is 1. The van der Waals surface area contributed by atoms with Gasteiger partial charge in [-0.2, -0.15) is 5.26 Å². The molecule has 0 saturated carbocycles. The average molecular weight is 468 g/mol. The van der Waals surface area contributed by atoms with Crippen LogP contribution in [-0.4, -0.2) is 35.1 Å². The number of carbonyl (C=O) groups excluding carboxylic acids is 1. The van der Waals surface area contributed by atoms with Crippen molar-refractivity contribution in [2.24, 2.45) is 0 Å². The monoisotopic (exact) mass is 467 g/mol. The van der Waals surface area contributed by atoms with Crippen molar-refractivity contribution in [3.63, 3.8) is 0 Å². The van der Waals surface area contributed by atoms with Crippen molar-refractivity contribution in [1.82, 2.24) is 10.3 Å². The number of fused-ring (bicyclic) bond motifs is 1. The predicted octanol–water partition coefficient (Wildman–Crippen LogP) is 3.66. The van der Waals surface area contributed by atoms with Crippen molar-refractivity contribution in [2.75, 3.05) is 13.2 Å². The Labute approximate surface area is 181 Å². The van der Waals surface area contributed by atoms with Crippen LogP contribution < -0.4 is 10.1 Å². The van der Waals surface area contributed by atoms with Gasteiger partial charge in [-0.15, -0.1) is 0 Å². The van der Waals surface area contributed by atoms with Crippen LogP contribution in [0.5, 0.6) is 5.75 Å². The van der Waals surface area contributed by atoms with E-state index in [1.165, 1.54) is 6.08 Å². The Morgan fingerprint density at radius 2 is 2.07 bits per heavy atom. The van der Waals surface area contributed by atoms with E-state index < -0.39 is 18.5 Å². The van der Waals surface area contributed by atoms with E-state index >= 15 is 0 Å². The molecule has 1 aromatic heterocycles. The lowest BCUT2D eigenvalue weighted by Crippen LogP contribution is -2.26. The molecule has 30 heavy (non-hydrogen) atoms. The molecular formula is C22H18BrN3O4. The number of hydrogen-bond acceptors (Lipinski definition) is 4. The maximum Gasteiger partial charge on any atom is 0.341 e. The number of para-hydroxylation sites is 1. The number of amides is 1. The molecule has 1 heterocycles. The van der Waals surface area contributed by atoms with Crippen LogP contribution in [0.2, 0.25) is 0 Å². The smallest absolute Gasteiger partial charge is 0.341 e. The lowest BCUT2D eigenvalue weighted by molar-refractivity contribution is -0.139. The van der Waals surface area contributed by atoms with E-state index in [-0.39, 0.29) is 5.57 Å². The van der Waals surface area contributed by atoms with Crippen LogP contribution in [0.25, 0.3) is 17.0 Å². The Morgan fingerprint density at radius 3 is 2.80 bits per heavy atom. The zero-order valence-electron chi connectivity index (χ0n) is 15.8. The van der Waals surface area contributed by atoms with Gasteiger partial charge in [-0.25, -0.2) is 4.79 Å². The van der Waals surface area contributed by atoms with E-state index in [4.69, 9.17) is 9.84 Å². The van der Waals surface area contributed by atoms with Crippen LogP contribution >= 0.6 is 15.9 Å². The second-order valence-corrected chi connectivity index (χ2v) is 7.26. The Balaban J connectivity index is 1.62. The zero-order valence-corrected chi connectivity index (χ0v) is 17.4. The predicted molar refractivity (Wildman–Crippen MR) is 116 cm³/mol. The summed E-state index contributed by atoms with van der Waals surface area (Å²) in [6.45, 7) is -0.0680. The first-order valence-electron chi connectivity index (χ1n) is 9.07. The minimum absolute atomic E-state index is 0.0277. The van der Waals surface area contributed by atoms with E-state index in [0.29, 0.717) is 28.8 Å². The molecule has 3 rings (SSSR count). The van der Waals surface area contributed by atoms with Crippen LogP contribution in [0.4, 0.5) is 0 Å². The summed E-state index contributed by atoms with van der Waals surface area (Å²) in [5.41, 5.74) is 2.71. The topological polar surface area (TPSA) is 115 Å². The standard InChI is InChI=1S/C22H18BrN3O4/c23-18-10-14(5-6-20(18)30-13-21(27)28)9-16(11-24)22(29)25-8-7-15-12-26-19-4-2-1-3-17(15)19/h1-6,9-10,12,26H,7-8,13H2,(H,25,29)(H,27,28)/b16-9-. The largest absolute Gasteiger partial charge is 0.481 e. The average Bonchev–Trinajstić information content (AvgIpc) is 3.14. The first-order chi connectivity index (χ1) is 14.5. The summed E-state index contributed by atoms with van der Waals surface area (Å²) in [6, 6.07) is 14.7. The number of carbonyl (C=O) groups is 2. The second kappa shape index (κ2) is 9.76. The second-order valence-electron chi connectivity index (χ2n) is 6.41. The number of hydrogen-bond donors (Lipinski definition) is 3. The number of rotatable bonds is 8. The number of carboxylic acid groups (broad SMARTS) is 1. The molecule has 1 amide bonds. The van der Waals surface area contributed by atoms with Crippen LogP contribution in [0.15, 0.2) is 58.7 Å². The van der Waals surface area contributed by atoms with Crippen LogP contribution in [0, 0.1) is 11.3 Å².